The van der Waals surface area contributed by atoms with Crippen LogP contribution in [0.25, 0.3) is 5.69 Å². The third-order valence-electron chi connectivity index (χ3n) is 6.38. The van der Waals surface area contributed by atoms with Crippen LogP contribution < -0.4 is 20.7 Å². The number of ether oxygens (including phenoxy) is 1. The molecule has 0 bridgehead atoms. The standard InChI is InChI=1S/C26H30N4O3/c1-17-15-22(18(2)30(17)20-7-6-8-21(16-20)33-3)26(32)28-23-9-4-5-10-24(23)29-13-11-19(12-14-29)25(27)31/h4-10,15-16,19H,11-14H2,1-3H3,(H2,27,31)(H,28,32). The van der Waals surface area contributed by atoms with Gasteiger partial charge in [-0.3, -0.25) is 9.59 Å². The first-order chi connectivity index (χ1) is 15.9. The number of nitrogens with two attached hydrogens (primary N) is 1. The monoisotopic (exact) mass is 446 g/mol. The molecule has 1 aromatic heterocycles. The average Bonchev–Trinajstić information content (AvgIpc) is 3.13. The van der Waals surface area contributed by atoms with Gasteiger partial charge in [-0.25, -0.2) is 0 Å². The Kier molecular flexibility index (Phi) is 6.40. The molecule has 2 amide bonds. The Hall–Kier alpha value is -3.74. The van der Waals surface area contributed by atoms with Crippen molar-refractivity contribution in [2.45, 2.75) is 26.7 Å². The highest BCUT2D eigenvalue weighted by molar-refractivity contribution is 6.07. The molecule has 1 saturated heterocycles. The number of methoxy groups -OCH3 is 1. The van der Waals surface area contributed by atoms with Crippen LogP contribution in [0.4, 0.5) is 11.4 Å². The molecule has 0 atom stereocenters. The fraction of sp³-hybridized carbons (Fsp3) is 0.308. The van der Waals surface area contributed by atoms with Crippen molar-refractivity contribution in [2.75, 3.05) is 30.4 Å². The molecule has 3 aromatic rings. The smallest absolute Gasteiger partial charge is 0.257 e. The summed E-state index contributed by atoms with van der Waals surface area (Å²) in [6, 6.07) is 17.5. The van der Waals surface area contributed by atoms with Gasteiger partial charge in [0, 0.05) is 42.1 Å². The summed E-state index contributed by atoms with van der Waals surface area (Å²) in [7, 11) is 1.64. The maximum atomic E-state index is 13.3. The minimum absolute atomic E-state index is 0.0787. The first-order valence-electron chi connectivity index (χ1n) is 11.2. The quantitative estimate of drug-likeness (QED) is 0.598. The third-order valence-corrected chi connectivity index (χ3v) is 6.38. The summed E-state index contributed by atoms with van der Waals surface area (Å²) in [5.74, 6) is 0.296. The zero-order chi connectivity index (χ0) is 23.5. The summed E-state index contributed by atoms with van der Waals surface area (Å²) in [6.07, 6.45) is 1.44. The normalized spacial score (nSPS) is 14.2. The summed E-state index contributed by atoms with van der Waals surface area (Å²) >= 11 is 0. The molecule has 7 heteroatoms. The molecule has 4 rings (SSSR count). The molecule has 2 aromatic carbocycles. The van der Waals surface area contributed by atoms with Gasteiger partial charge in [-0.1, -0.05) is 18.2 Å². The Bertz CT molecular complexity index is 1180. The lowest BCUT2D eigenvalue weighted by atomic mass is 9.96. The number of benzene rings is 2. The van der Waals surface area contributed by atoms with Crippen LogP contribution in [0.1, 0.15) is 34.6 Å². The van der Waals surface area contributed by atoms with Gasteiger partial charge in [-0.15, -0.1) is 0 Å². The number of hydrogen-bond donors (Lipinski definition) is 2. The minimum Gasteiger partial charge on any atom is -0.497 e. The van der Waals surface area contributed by atoms with Crippen LogP contribution in [0.5, 0.6) is 5.75 Å². The Morgan fingerprint density at radius 1 is 1.03 bits per heavy atom. The van der Waals surface area contributed by atoms with E-state index in [4.69, 9.17) is 10.5 Å². The van der Waals surface area contributed by atoms with Gasteiger partial charge < -0.3 is 25.3 Å². The lowest BCUT2D eigenvalue weighted by Gasteiger charge is -2.33. The van der Waals surface area contributed by atoms with Crippen LogP contribution in [0.3, 0.4) is 0 Å². The Balaban J connectivity index is 1.57. The molecule has 1 aliphatic rings. The molecule has 0 spiro atoms. The van der Waals surface area contributed by atoms with E-state index in [0.29, 0.717) is 5.56 Å². The number of carbonyl (C=O) groups is 2. The first kappa shape index (κ1) is 22.5. The summed E-state index contributed by atoms with van der Waals surface area (Å²) in [5, 5.41) is 3.10. The summed E-state index contributed by atoms with van der Waals surface area (Å²) < 4.78 is 7.41. The molecular formula is C26H30N4O3. The maximum Gasteiger partial charge on any atom is 0.257 e. The predicted octanol–water partition coefficient (Wildman–Crippen LogP) is 4.06. The number of piperidine rings is 1. The van der Waals surface area contributed by atoms with Crippen molar-refractivity contribution >= 4 is 23.2 Å². The highest BCUT2D eigenvalue weighted by Gasteiger charge is 2.25. The molecule has 1 fully saturated rings. The van der Waals surface area contributed by atoms with E-state index < -0.39 is 0 Å². The SMILES string of the molecule is COc1cccc(-n2c(C)cc(C(=O)Nc3ccccc3N3CCC(C(N)=O)CC3)c2C)c1. The summed E-state index contributed by atoms with van der Waals surface area (Å²) in [5.41, 5.74) is 10.6. The van der Waals surface area contributed by atoms with Crippen LogP contribution >= 0.6 is 0 Å². The maximum absolute atomic E-state index is 13.3. The average molecular weight is 447 g/mol. The Morgan fingerprint density at radius 2 is 1.76 bits per heavy atom. The van der Waals surface area contributed by atoms with E-state index in [1.165, 1.54) is 0 Å². The van der Waals surface area contributed by atoms with Gasteiger partial charge >= 0.3 is 0 Å². The van der Waals surface area contributed by atoms with E-state index in [1.807, 2.05) is 68.4 Å². The topological polar surface area (TPSA) is 89.6 Å². The van der Waals surface area contributed by atoms with Crippen molar-refractivity contribution in [3.05, 3.63) is 71.5 Å². The lowest BCUT2D eigenvalue weighted by Crippen LogP contribution is -2.38. The van der Waals surface area contributed by atoms with Crippen LogP contribution in [-0.2, 0) is 4.79 Å². The number of anilines is 2. The van der Waals surface area contributed by atoms with Crippen LogP contribution in [-0.4, -0.2) is 36.6 Å². The minimum atomic E-state index is -0.234. The van der Waals surface area contributed by atoms with Crippen LogP contribution in [0.15, 0.2) is 54.6 Å². The van der Waals surface area contributed by atoms with Gasteiger partial charge in [0.25, 0.3) is 5.91 Å². The molecule has 0 radical (unpaired) electrons. The fourth-order valence-corrected chi connectivity index (χ4v) is 4.59. The number of para-hydroxylation sites is 2. The zero-order valence-electron chi connectivity index (χ0n) is 19.3. The number of nitrogens with zero attached hydrogens (tertiary/aromatic N) is 2. The second kappa shape index (κ2) is 9.40. The van der Waals surface area contributed by atoms with E-state index in [9.17, 15) is 9.59 Å². The molecular weight excluding hydrogens is 416 g/mol. The molecule has 1 aliphatic heterocycles. The molecule has 2 heterocycles. The van der Waals surface area contributed by atoms with Gasteiger partial charge in [-0.05, 0) is 57.0 Å². The zero-order valence-corrected chi connectivity index (χ0v) is 19.3. The molecule has 0 aliphatic carbocycles. The van der Waals surface area contributed by atoms with Gasteiger partial charge in [0.2, 0.25) is 5.91 Å². The number of aromatic nitrogens is 1. The largest absolute Gasteiger partial charge is 0.497 e. The number of nitrogens with one attached hydrogen (secondary N) is 1. The molecule has 7 nitrogen and oxygen atoms in total. The van der Waals surface area contributed by atoms with Crippen molar-refractivity contribution in [3.63, 3.8) is 0 Å². The Morgan fingerprint density at radius 3 is 2.45 bits per heavy atom. The number of primary amides is 1. The van der Waals surface area contributed by atoms with Crippen molar-refractivity contribution in [2.24, 2.45) is 11.7 Å². The van der Waals surface area contributed by atoms with E-state index in [0.717, 1.165) is 60.1 Å². The third kappa shape index (κ3) is 4.58. The van der Waals surface area contributed by atoms with Crippen molar-refractivity contribution < 1.29 is 14.3 Å². The van der Waals surface area contributed by atoms with E-state index in [-0.39, 0.29) is 17.7 Å². The summed E-state index contributed by atoms with van der Waals surface area (Å²) in [6.45, 7) is 5.39. The van der Waals surface area contributed by atoms with Crippen molar-refractivity contribution in [1.82, 2.24) is 4.57 Å². The van der Waals surface area contributed by atoms with E-state index in [2.05, 4.69) is 14.8 Å². The second-order valence-electron chi connectivity index (χ2n) is 8.46. The van der Waals surface area contributed by atoms with Crippen LogP contribution in [0.2, 0.25) is 0 Å². The number of hydrogen-bond acceptors (Lipinski definition) is 4. The molecule has 3 N–H and O–H groups in total. The molecule has 0 saturated carbocycles. The van der Waals surface area contributed by atoms with Gasteiger partial charge in [0.05, 0.1) is 24.0 Å². The number of carbonyl (C=O) groups excluding carboxylic acids is 2. The predicted molar refractivity (Wildman–Crippen MR) is 130 cm³/mol. The summed E-state index contributed by atoms with van der Waals surface area (Å²) in [4.78, 5) is 27.0. The van der Waals surface area contributed by atoms with Gasteiger partial charge in [-0.2, -0.15) is 0 Å². The first-order valence-corrected chi connectivity index (χ1v) is 11.2. The van der Waals surface area contributed by atoms with E-state index >= 15 is 0 Å². The molecule has 172 valence electrons. The fourth-order valence-electron chi connectivity index (χ4n) is 4.59. The number of amides is 2. The second-order valence-corrected chi connectivity index (χ2v) is 8.46. The highest BCUT2D eigenvalue weighted by atomic mass is 16.5. The van der Waals surface area contributed by atoms with E-state index in [1.54, 1.807) is 7.11 Å². The van der Waals surface area contributed by atoms with Crippen LogP contribution in [0, 0.1) is 19.8 Å². The van der Waals surface area contributed by atoms with Gasteiger partial charge in [0.15, 0.2) is 0 Å². The molecule has 33 heavy (non-hydrogen) atoms. The number of rotatable bonds is 6. The molecule has 0 unspecified atom stereocenters. The Labute approximate surface area is 194 Å². The lowest BCUT2D eigenvalue weighted by molar-refractivity contribution is -0.122. The van der Waals surface area contributed by atoms with Crippen molar-refractivity contribution in [1.29, 1.82) is 0 Å². The number of aryl methyl sites for hydroxylation is 1. The van der Waals surface area contributed by atoms with Gasteiger partial charge in [0.1, 0.15) is 5.75 Å². The highest BCUT2D eigenvalue weighted by Crippen LogP contribution is 2.31. The van der Waals surface area contributed by atoms with Crippen molar-refractivity contribution in [3.8, 4) is 11.4 Å².